The van der Waals surface area contributed by atoms with E-state index < -0.39 is 0 Å². The fraction of sp³-hybridized carbons (Fsp3) is 0.182. The summed E-state index contributed by atoms with van der Waals surface area (Å²) in [6.07, 6.45) is 0. The van der Waals surface area contributed by atoms with Crippen molar-refractivity contribution in [1.82, 2.24) is 9.97 Å². The lowest BCUT2D eigenvalue weighted by molar-refractivity contribution is 1.10. The van der Waals surface area contributed by atoms with Crippen molar-refractivity contribution in [3.05, 3.63) is 35.7 Å². The lowest BCUT2D eigenvalue weighted by atomic mass is 10.2. The third-order valence-electron chi connectivity index (χ3n) is 2.12. The van der Waals surface area contributed by atoms with Crippen molar-refractivity contribution in [2.45, 2.75) is 23.8 Å². The zero-order chi connectivity index (χ0) is 10.8. The topological polar surface area (TPSA) is 54.7 Å². The molecule has 1 heterocycles. The second kappa shape index (κ2) is 3.98. The maximum absolute atomic E-state index is 5.80. The summed E-state index contributed by atoms with van der Waals surface area (Å²) in [6.45, 7) is 3.98. The number of aromatic nitrogens is 2. The van der Waals surface area contributed by atoms with Crippen molar-refractivity contribution in [2.24, 2.45) is 0 Å². The monoisotopic (exact) mass is 219 g/mol. The van der Waals surface area contributed by atoms with Crippen LogP contribution >= 0.6 is 11.8 Å². The van der Waals surface area contributed by atoms with E-state index in [4.69, 9.17) is 5.73 Å². The van der Waals surface area contributed by atoms with E-state index in [1.165, 1.54) is 10.5 Å². The number of H-pyrrole nitrogens is 1. The van der Waals surface area contributed by atoms with Gasteiger partial charge >= 0.3 is 0 Å². The molecule has 0 aliphatic rings. The molecule has 0 saturated heterocycles. The highest BCUT2D eigenvalue weighted by Crippen LogP contribution is 2.31. The highest BCUT2D eigenvalue weighted by atomic mass is 32.2. The van der Waals surface area contributed by atoms with Gasteiger partial charge in [0.25, 0.3) is 0 Å². The largest absolute Gasteiger partial charge is 0.383 e. The minimum absolute atomic E-state index is 0.640. The number of nitrogens with zero attached hydrogens (tertiary/aromatic N) is 1. The quantitative estimate of drug-likeness (QED) is 0.816. The molecule has 0 aliphatic carbocycles. The fourth-order valence-electron chi connectivity index (χ4n) is 1.34. The van der Waals surface area contributed by atoms with Crippen LogP contribution in [-0.2, 0) is 0 Å². The van der Waals surface area contributed by atoms with Crippen LogP contribution in [-0.4, -0.2) is 9.97 Å². The first-order valence-corrected chi connectivity index (χ1v) is 5.54. The third kappa shape index (κ3) is 2.15. The Labute approximate surface area is 93.1 Å². The summed E-state index contributed by atoms with van der Waals surface area (Å²) in [5.41, 5.74) is 7.04. The molecule has 2 aromatic rings. The Hall–Kier alpha value is -1.42. The average molecular weight is 219 g/mol. The van der Waals surface area contributed by atoms with Gasteiger partial charge in [-0.15, -0.1) is 0 Å². The molecule has 0 radical (unpaired) electrons. The van der Waals surface area contributed by atoms with E-state index in [2.05, 4.69) is 29.0 Å². The van der Waals surface area contributed by atoms with E-state index in [0.29, 0.717) is 5.82 Å². The molecule has 0 saturated carbocycles. The number of nitrogens with one attached hydrogen (secondary N) is 1. The van der Waals surface area contributed by atoms with Crippen molar-refractivity contribution >= 4 is 17.6 Å². The first-order valence-electron chi connectivity index (χ1n) is 4.72. The highest BCUT2D eigenvalue weighted by Gasteiger charge is 2.07. The van der Waals surface area contributed by atoms with E-state index in [-0.39, 0.29) is 0 Å². The molecule has 3 N–H and O–H groups in total. The second-order valence-corrected chi connectivity index (χ2v) is 4.44. The average Bonchev–Trinajstić information content (AvgIpc) is 2.49. The van der Waals surface area contributed by atoms with Gasteiger partial charge in [-0.1, -0.05) is 30.0 Å². The van der Waals surface area contributed by atoms with E-state index in [1.54, 1.807) is 11.8 Å². The van der Waals surface area contributed by atoms with Gasteiger partial charge in [0.05, 0.1) is 0 Å². The van der Waals surface area contributed by atoms with Crippen LogP contribution in [0.2, 0.25) is 0 Å². The Morgan fingerprint density at radius 1 is 1.27 bits per heavy atom. The van der Waals surface area contributed by atoms with Crippen LogP contribution in [0.1, 0.15) is 11.4 Å². The molecule has 0 fully saturated rings. The molecule has 4 heteroatoms. The molecule has 1 aromatic carbocycles. The first kappa shape index (κ1) is 10.1. The normalized spacial score (nSPS) is 10.5. The molecular weight excluding hydrogens is 206 g/mol. The van der Waals surface area contributed by atoms with Crippen LogP contribution in [0, 0.1) is 13.8 Å². The van der Waals surface area contributed by atoms with Crippen LogP contribution in [0.3, 0.4) is 0 Å². The maximum atomic E-state index is 5.80. The number of nitrogens with two attached hydrogens (primary N) is 1. The number of rotatable bonds is 2. The standard InChI is InChI=1S/C11H13N3S/c1-7-5-3-4-6-9(7)15-11-10(12)13-8(2)14-11/h3-6H,12H2,1-2H3,(H,13,14). The van der Waals surface area contributed by atoms with E-state index in [1.807, 2.05) is 19.1 Å². The summed E-state index contributed by atoms with van der Waals surface area (Å²) >= 11 is 1.59. The summed E-state index contributed by atoms with van der Waals surface area (Å²) in [7, 11) is 0. The summed E-state index contributed by atoms with van der Waals surface area (Å²) in [4.78, 5) is 8.51. The molecule has 15 heavy (non-hydrogen) atoms. The van der Waals surface area contributed by atoms with Gasteiger partial charge in [-0.3, -0.25) is 0 Å². The smallest absolute Gasteiger partial charge is 0.143 e. The first-order chi connectivity index (χ1) is 7.16. The summed E-state index contributed by atoms with van der Waals surface area (Å²) in [5.74, 6) is 1.49. The zero-order valence-corrected chi connectivity index (χ0v) is 9.56. The summed E-state index contributed by atoms with van der Waals surface area (Å²) < 4.78 is 0. The number of hydrogen-bond donors (Lipinski definition) is 2. The van der Waals surface area contributed by atoms with Gasteiger partial charge in [-0.05, 0) is 25.5 Å². The predicted molar refractivity (Wildman–Crippen MR) is 63.0 cm³/mol. The van der Waals surface area contributed by atoms with Gasteiger partial charge in [0.15, 0.2) is 0 Å². The molecule has 0 bridgehead atoms. The molecule has 0 unspecified atom stereocenters. The number of hydrogen-bond acceptors (Lipinski definition) is 3. The van der Waals surface area contributed by atoms with Crippen molar-refractivity contribution in [1.29, 1.82) is 0 Å². The highest BCUT2D eigenvalue weighted by molar-refractivity contribution is 7.99. The van der Waals surface area contributed by atoms with Crippen LogP contribution in [0.25, 0.3) is 0 Å². The number of imidazole rings is 1. The molecule has 2 rings (SSSR count). The molecular formula is C11H13N3S. The number of nitrogen functional groups attached to an aromatic ring is 1. The fourth-order valence-corrected chi connectivity index (χ4v) is 2.27. The van der Waals surface area contributed by atoms with Gasteiger partial charge in [0.1, 0.15) is 16.7 Å². The second-order valence-electron chi connectivity index (χ2n) is 3.41. The van der Waals surface area contributed by atoms with Crippen LogP contribution in [0.4, 0.5) is 5.82 Å². The van der Waals surface area contributed by atoms with Gasteiger partial charge in [-0.2, -0.15) is 0 Å². The SMILES string of the molecule is Cc1nc(Sc2ccccc2C)c(N)[nH]1. The molecule has 0 atom stereocenters. The minimum atomic E-state index is 0.640. The van der Waals surface area contributed by atoms with Crippen molar-refractivity contribution in [2.75, 3.05) is 5.73 Å². The Morgan fingerprint density at radius 2 is 2.00 bits per heavy atom. The van der Waals surface area contributed by atoms with Gasteiger partial charge < -0.3 is 10.7 Å². The Balaban J connectivity index is 2.29. The number of benzene rings is 1. The van der Waals surface area contributed by atoms with Crippen LogP contribution in [0.5, 0.6) is 0 Å². The Kier molecular flexibility index (Phi) is 2.68. The van der Waals surface area contributed by atoms with Gasteiger partial charge in [-0.25, -0.2) is 4.98 Å². The van der Waals surface area contributed by atoms with E-state index in [0.717, 1.165) is 10.9 Å². The third-order valence-corrected chi connectivity index (χ3v) is 3.30. The lowest BCUT2D eigenvalue weighted by Gasteiger charge is -2.02. The van der Waals surface area contributed by atoms with Gasteiger partial charge in [0, 0.05) is 4.90 Å². The molecule has 1 aromatic heterocycles. The van der Waals surface area contributed by atoms with E-state index >= 15 is 0 Å². The molecule has 3 nitrogen and oxygen atoms in total. The van der Waals surface area contributed by atoms with Crippen molar-refractivity contribution < 1.29 is 0 Å². The zero-order valence-electron chi connectivity index (χ0n) is 8.74. The maximum Gasteiger partial charge on any atom is 0.143 e. The predicted octanol–water partition coefficient (Wildman–Crippen LogP) is 2.76. The number of anilines is 1. The van der Waals surface area contributed by atoms with Gasteiger partial charge in [0.2, 0.25) is 0 Å². The van der Waals surface area contributed by atoms with Crippen LogP contribution in [0.15, 0.2) is 34.2 Å². The molecule has 0 amide bonds. The Morgan fingerprint density at radius 3 is 2.60 bits per heavy atom. The number of aromatic amines is 1. The molecule has 0 aliphatic heterocycles. The Bertz CT molecular complexity index is 476. The molecule has 78 valence electrons. The van der Waals surface area contributed by atoms with Crippen molar-refractivity contribution in [3.63, 3.8) is 0 Å². The van der Waals surface area contributed by atoms with Crippen molar-refractivity contribution in [3.8, 4) is 0 Å². The lowest BCUT2D eigenvalue weighted by Crippen LogP contribution is -1.87. The number of aryl methyl sites for hydroxylation is 2. The molecule has 0 spiro atoms. The van der Waals surface area contributed by atoms with E-state index in [9.17, 15) is 0 Å². The summed E-state index contributed by atoms with van der Waals surface area (Å²) in [5, 5.41) is 0.849. The minimum Gasteiger partial charge on any atom is -0.383 e. The summed E-state index contributed by atoms with van der Waals surface area (Å²) in [6, 6.07) is 8.20. The van der Waals surface area contributed by atoms with Crippen LogP contribution < -0.4 is 5.73 Å².